The fourth-order valence-corrected chi connectivity index (χ4v) is 3.62. The van der Waals surface area contributed by atoms with Gasteiger partial charge in [-0.1, -0.05) is 31.9 Å². The topological polar surface area (TPSA) is 55.2 Å². The van der Waals surface area contributed by atoms with Gasteiger partial charge in [-0.25, -0.2) is 4.98 Å². The molecule has 8 heteroatoms. The lowest BCUT2D eigenvalue weighted by atomic mass is 10.1. The summed E-state index contributed by atoms with van der Waals surface area (Å²) in [5.74, 6) is -0.300. The van der Waals surface area contributed by atoms with Crippen LogP contribution in [0, 0.1) is 0 Å². The van der Waals surface area contributed by atoms with Crippen LogP contribution < -0.4 is 5.56 Å². The zero-order valence-electron chi connectivity index (χ0n) is 15.1. The third kappa shape index (κ3) is 3.84. The molecule has 1 aliphatic heterocycles. The number of carbonyl (C=O) groups excluding carboxylic acids is 1. The summed E-state index contributed by atoms with van der Waals surface area (Å²) in [6.07, 6.45) is -0.884. The lowest BCUT2D eigenvalue weighted by Crippen LogP contribution is -2.42. The summed E-state index contributed by atoms with van der Waals surface area (Å²) in [5, 5.41) is 0. The minimum atomic E-state index is -4.88. The highest BCUT2D eigenvalue weighted by Gasteiger charge is 2.39. The summed E-state index contributed by atoms with van der Waals surface area (Å²) < 4.78 is 41.1. The van der Waals surface area contributed by atoms with Crippen molar-refractivity contribution in [1.29, 1.82) is 0 Å². The second-order valence-electron chi connectivity index (χ2n) is 6.79. The molecule has 1 amide bonds. The monoisotopic (exact) mass is 381 g/mol. The Hall–Kier alpha value is -2.38. The molecule has 0 saturated carbocycles. The van der Waals surface area contributed by atoms with E-state index >= 15 is 0 Å². The molecule has 1 atom stereocenters. The second-order valence-corrected chi connectivity index (χ2v) is 6.79. The number of halogens is 3. The largest absolute Gasteiger partial charge is 0.438 e. The minimum absolute atomic E-state index is 0.0477. The highest BCUT2D eigenvalue weighted by Crippen LogP contribution is 2.28. The molecular weight excluding hydrogens is 359 g/mol. The molecule has 1 aliphatic rings. The molecule has 1 fully saturated rings. The van der Waals surface area contributed by atoms with Crippen molar-refractivity contribution in [1.82, 2.24) is 14.5 Å². The number of fused-ring (bicyclic) bond motifs is 1. The molecule has 3 rings (SSSR count). The molecule has 1 saturated heterocycles. The van der Waals surface area contributed by atoms with Gasteiger partial charge >= 0.3 is 6.18 Å². The molecule has 0 aliphatic carbocycles. The van der Waals surface area contributed by atoms with Crippen molar-refractivity contribution < 1.29 is 18.0 Å². The predicted octanol–water partition coefficient (Wildman–Crippen LogP) is 3.77. The van der Waals surface area contributed by atoms with Crippen LogP contribution in [0.3, 0.4) is 0 Å². The van der Waals surface area contributed by atoms with E-state index in [-0.39, 0.29) is 23.4 Å². The van der Waals surface area contributed by atoms with Crippen LogP contribution in [0.25, 0.3) is 11.0 Å². The Balaban J connectivity index is 2.16. The molecule has 2 heterocycles. The van der Waals surface area contributed by atoms with E-state index in [1.165, 1.54) is 12.1 Å². The van der Waals surface area contributed by atoms with Crippen LogP contribution in [0.4, 0.5) is 13.2 Å². The third-order valence-corrected chi connectivity index (χ3v) is 4.96. The summed E-state index contributed by atoms with van der Waals surface area (Å²) >= 11 is 0. The van der Waals surface area contributed by atoms with Gasteiger partial charge in [-0.15, -0.1) is 0 Å². The molecule has 2 aromatic rings. The van der Waals surface area contributed by atoms with Gasteiger partial charge in [0.1, 0.15) is 6.04 Å². The van der Waals surface area contributed by atoms with Crippen molar-refractivity contribution >= 4 is 16.9 Å². The zero-order valence-corrected chi connectivity index (χ0v) is 15.1. The van der Waals surface area contributed by atoms with Crippen molar-refractivity contribution in [3.8, 4) is 0 Å². The number of carbonyl (C=O) groups is 1. The smallest absolute Gasteiger partial charge is 0.341 e. The van der Waals surface area contributed by atoms with Gasteiger partial charge in [0.2, 0.25) is 11.6 Å². The van der Waals surface area contributed by atoms with Crippen molar-refractivity contribution in [2.24, 2.45) is 0 Å². The Labute approximate surface area is 154 Å². The van der Waals surface area contributed by atoms with Crippen molar-refractivity contribution in [3.63, 3.8) is 0 Å². The number of rotatable bonds is 3. The number of alkyl halides is 3. The SMILES string of the molecule is CC[C@H](C(=O)N1CCCCCC1)n1c(=O)c(C(F)(F)F)nc2ccccc21. The molecule has 5 nitrogen and oxygen atoms in total. The van der Waals surface area contributed by atoms with Crippen LogP contribution in [-0.4, -0.2) is 33.4 Å². The van der Waals surface area contributed by atoms with Crippen molar-refractivity contribution in [3.05, 3.63) is 40.3 Å². The summed E-state index contributed by atoms with van der Waals surface area (Å²) in [5.41, 5.74) is -2.46. The van der Waals surface area contributed by atoms with Crippen molar-refractivity contribution in [2.75, 3.05) is 13.1 Å². The summed E-state index contributed by atoms with van der Waals surface area (Å²) in [7, 11) is 0. The van der Waals surface area contributed by atoms with E-state index in [0.29, 0.717) is 13.1 Å². The van der Waals surface area contributed by atoms with Crippen LogP contribution in [0.1, 0.15) is 50.8 Å². The van der Waals surface area contributed by atoms with Crippen LogP contribution in [0.5, 0.6) is 0 Å². The standard InChI is InChI=1S/C19H22F3N3O2/c1-2-14(17(26)24-11-7-3-4-8-12-24)25-15-10-6-5-9-13(15)23-16(18(25)27)19(20,21)22/h5-6,9-10,14H,2-4,7-8,11-12H2,1H3/t14-/m1/s1. The summed E-state index contributed by atoms with van der Waals surface area (Å²) in [4.78, 5) is 31.0. The third-order valence-electron chi connectivity index (χ3n) is 4.96. The summed E-state index contributed by atoms with van der Waals surface area (Å²) in [6, 6.07) is 5.15. The lowest BCUT2D eigenvalue weighted by molar-refractivity contribution is -0.143. The number of amides is 1. The summed E-state index contributed by atoms with van der Waals surface area (Å²) in [6.45, 7) is 2.84. The number of para-hydroxylation sites is 2. The number of likely N-dealkylation sites (tertiary alicyclic amines) is 1. The molecule has 0 radical (unpaired) electrons. The highest BCUT2D eigenvalue weighted by molar-refractivity contribution is 5.83. The molecule has 27 heavy (non-hydrogen) atoms. The Kier molecular flexibility index (Phi) is 5.53. The average molecular weight is 381 g/mol. The van der Waals surface area contributed by atoms with E-state index in [2.05, 4.69) is 4.98 Å². The lowest BCUT2D eigenvalue weighted by Gasteiger charge is -2.28. The number of hydrogen-bond acceptors (Lipinski definition) is 3. The molecule has 0 unspecified atom stereocenters. The number of hydrogen-bond donors (Lipinski definition) is 0. The Morgan fingerprint density at radius 2 is 1.78 bits per heavy atom. The van der Waals surface area contributed by atoms with Gasteiger partial charge in [-0.2, -0.15) is 13.2 Å². The molecule has 0 N–H and O–H groups in total. The van der Waals surface area contributed by atoms with E-state index in [9.17, 15) is 22.8 Å². The number of benzene rings is 1. The molecule has 1 aromatic heterocycles. The maximum atomic E-state index is 13.4. The van der Waals surface area contributed by atoms with Gasteiger partial charge in [-0.3, -0.25) is 14.2 Å². The first kappa shape index (κ1) is 19.4. The Morgan fingerprint density at radius 3 is 2.37 bits per heavy atom. The first-order valence-corrected chi connectivity index (χ1v) is 9.22. The van der Waals surface area contributed by atoms with E-state index in [1.807, 2.05) is 0 Å². The van der Waals surface area contributed by atoms with E-state index in [4.69, 9.17) is 0 Å². The maximum absolute atomic E-state index is 13.4. The van der Waals surface area contributed by atoms with Crippen LogP contribution in [-0.2, 0) is 11.0 Å². The maximum Gasteiger partial charge on any atom is 0.438 e. The van der Waals surface area contributed by atoms with E-state index in [1.54, 1.807) is 24.0 Å². The van der Waals surface area contributed by atoms with Crippen molar-refractivity contribution in [2.45, 2.75) is 51.2 Å². The van der Waals surface area contributed by atoms with Crippen LogP contribution in [0.2, 0.25) is 0 Å². The quantitative estimate of drug-likeness (QED) is 0.813. The van der Waals surface area contributed by atoms with Crippen LogP contribution >= 0.6 is 0 Å². The molecule has 146 valence electrons. The van der Waals surface area contributed by atoms with Gasteiger partial charge < -0.3 is 4.90 Å². The molecule has 1 aromatic carbocycles. The zero-order chi connectivity index (χ0) is 19.6. The van der Waals surface area contributed by atoms with E-state index in [0.717, 1.165) is 30.3 Å². The second kappa shape index (κ2) is 7.70. The first-order valence-electron chi connectivity index (χ1n) is 9.22. The van der Waals surface area contributed by atoms with Gasteiger partial charge in [0.25, 0.3) is 5.56 Å². The average Bonchev–Trinajstić information content (AvgIpc) is 2.92. The van der Waals surface area contributed by atoms with Gasteiger partial charge in [0.05, 0.1) is 11.0 Å². The Bertz CT molecular complexity index is 884. The van der Waals surface area contributed by atoms with E-state index < -0.39 is 23.5 Å². The highest BCUT2D eigenvalue weighted by atomic mass is 19.4. The predicted molar refractivity (Wildman–Crippen MR) is 95.4 cm³/mol. The fourth-order valence-electron chi connectivity index (χ4n) is 3.62. The van der Waals surface area contributed by atoms with Crippen LogP contribution in [0.15, 0.2) is 29.1 Å². The normalized spacial score (nSPS) is 17.0. The van der Waals surface area contributed by atoms with Gasteiger partial charge in [0, 0.05) is 13.1 Å². The molecular formula is C19H22F3N3O2. The fraction of sp³-hybridized carbons (Fsp3) is 0.526. The molecule has 0 bridgehead atoms. The van der Waals surface area contributed by atoms with Gasteiger partial charge in [-0.05, 0) is 31.4 Å². The minimum Gasteiger partial charge on any atom is -0.341 e. The Morgan fingerprint density at radius 1 is 1.15 bits per heavy atom. The first-order chi connectivity index (χ1) is 12.8. The van der Waals surface area contributed by atoms with Gasteiger partial charge in [0.15, 0.2) is 0 Å². The number of nitrogens with zero attached hydrogens (tertiary/aromatic N) is 3. The number of aromatic nitrogens is 2. The molecule has 0 spiro atoms.